The molecule has 0 bridgehead atoms. The molecule has 31 heavy (non-hydrogen) atoms. The number of allylic oxidation sites excluding steroid dienone is 2. The highest BCUT2D eigenvalue weighted by atomic mass is 19.1. The summed E-state index contributed by atoms with van der Waals surface area (Å²) in [6.45, 7) is 0. The minimum atomic E-state index is -1.13. The van der Waals surface area contributed by atoms with Crippen molar-refractivity contribution in [3.8, 4) is 23.0 Å². The molecule has 2 aromatic rings. The fourth-order valence-corrected chi connectivity index (χ4v) is 3.36. The highest BCUT2D eigenvalue weighted by Crippen LogP contribution is 2.38. The lowest BCUT2D eigenvalue weighted by Gasteiger charge is -2.17. The van der Waals surface area contributed by atoms with Crippen molar-refractivity contribution in [3.63, 3.8) is 0 Å². The van der Waals surface area contributed by atoms with Crippen LogP contribution in [0.3, 0.4) is 0 Å². The lowest BCUT2D eigenvalue weighted by atomic mass is 9.86. The molecule has 0 aliphatic heterocycles. The Balaban J connectivity index is 2.04. The largest absolute Gasteiger partial charge is 0.502 e. The Bertz CT molecular complexity index is 1040. The third-order valence-electron chi connectivity index (χ3n) is 4.90. The van der Waals surface area contributed by atoms with E-state index in [1.54, 1.807) is 0 Å². The number of carbonyl (C=O) groups excluding carboxylic acids is 1. The summed E-state index contributed by atoms with van der Waals surface area (Å²) in [5.74, 6) is -8.27. The maximum Gasteiger partial charge on any atom is 0.200 e. The molecule has 2 aromatic carbocycles. The summed E-state index contributed by atoms with van der Waals surface area (Å²) >= 11 is 0. The maximum atomic E-state index is 14.5. The Morgan fingerprint density at radius 3 is 1.55 bits per heavy atom. The van der Waals surface area contributed by atoms with Gasteiger partial charge >= 0.3 is 0 Å². The molecule has 1 fully saturated rings. The van der Waals surface area contributed by atoms with Gasteiger partial charge in [0.1, 0.15) is 0 Å². The first kappa shape index (κ1) is 22.2. The third kappa shape index (κ3) is 4.08. The first-order chi connectivity index (χ1) is 14.7. The summed E-state index contributed by atoms with van der Waals surface area (Å²) in [5.41, 5.74) is -0.370. The minimum absolute atomic E-state index is 0.121. The molecule has 3 rings (SSSR count). The predicted molar refractivity (Wildman–Crippen MR) is 104 cm³/mol. The van der Waals surface area contributed by atoms with E-state index in [2.05, 4.69) is 9.47 Å². The fraction of sp³-hybridized carbons (Fsp3) is 0.227. The number of aromatic hydroxyl groups is 2. The molecule has 0 saturated heterocycles. The van der Waals surface area contributed by atoms with Crippen LogP contribution in [0.15, 0.2) is 23.3 Å². The van der Waals surface area contributed by atoms with Gasteiger partial charge in [-0.05, 0) is 43.5 Å². The Labute approximate surface area is 174 Å². The van der Waals surface area contributed by atoms with Gasteiger partial charge in [-0.2, -0.15) is 0 Å². The van der Waals surface area contributed by atoms with E-state index in [-0.39, 0.29) is 35.1 Å². The van der Waals surface area contributed by atoms with Crippen molar-refractivity contribution < 1.29 is 42.0 Å². The van der Waals surface area contributed by atoms with Gasteiger partial charge in [0.05, 0.1) is 14.2 Å². The Kier molecular flexibility index (Phi) is 6.24. The van der Waals surface area contributed by atoms with Crippen LogP contribution in [0, 0.1) is 23.3 Å². The lowest BCUT2D eigenvalue weighted by Crippen LogP contribution is -2.13. The molecule has 0 amide bonds. The fourth-order valence-electron chi connectivity index (χ4n) is 3.36. The molecule has 1 aliphatic rings. The molecule has 1 aliphatic carbocycles. The average Bonchev–Trinajstić information content (AvgIpc) is 2.73. The second kappa shape index (κ2) is 8.71. The van der Waals surface area contributed by atoms with Crippen LogP contribution < -0.4 is 9.47 Å². The minimum Gasteiger partial charge on any atom is -0.502 e. The summed E-state index contributed by atoms with van der Waals surface area (Å²) in [6, 6.07) is 1.46. The highest BCUT2D eigenvalue weighted by Gasteiger charge is 2.25. The summed E-state index contributed by atoms with van der Waals surface area (Å²) in [5, 5.41) is 19.1. The van der Waals surface area contributed by atoms with Gasteiger partial charge in [-0.1, -0.05) is 0 Å². The van der Waals surface area contributed by atoms with Gasteiger partial charge in [0.2, 0.25) is 0 Å². The maximum absolute atomic E-state index is 14.5. The van der Waals surface area contributed by atoms with Gasteiger partial charge in [0.25, 0.3) is 0 Å². The standard InChI is InChI=1S/C22H18F4O5/c1-30-21-16(25)12(8-14(23)19(21)28)6-10-4-3-5-11(18(10)27)7-13-9-15(24)20(29)22(31-2)17(13)26/h6-9,28-29H,3-5H2,1-2H3/b10-6+,11-7+. The van der Waals surface area contributed by atoms with Crippen LogP contribution in [-0.4, -0.2) is 30.2 Å². The molecule has 5 nitrogen and oxygen atoms in total. The lowest BCUT2D eigenvalue weighted by molar-refractivity contribution is -0.112. The van der Waals surface area contributed by atoms with Crippen molar-refractivity contribution in [2.45, 2.75) is 19.3 Å². The number of Topliss-reactive ketones (excluding diaryl/α,β-unsaturated/α-hetero) is 1. The number of carbonyl (C=O) groups is 1. The van der Waals surface area contributed by atoms with E-state index < -0.39 is 52.1 Å². The number of ketones is 1. The van der Waals surface area contributed by atoms with Crippen LogP contribution in [0.2, 0.25) is 0 Å². The van der Waals surface area contributed by atoms with E-state index in [1.807, 2.05) is 0 Å². The molecule has 2 N–H and O–H groups in total. The topological polar surface area (TPSA) is 76.0 Å². The van der Waals surface area contributed by atoms with E-state index in [9.17, 15) is 32.6 Å². The normalized spacial score (nSPS) is 16.8. The molecule has 0 heterocycles. The van der Waals surface area contributed by atoms with Crippen molar-refractivity contribution in [1.82, 2.24) is 0 Å². The molecule has 9 heteroatoms. The summed E-state index contributed by atoms with van der Waals surface area (Å²) < 4.78 is 66.1. The monoisotopic (exact) mass is 438 g/mol. The summed E-state index contributed by atoms with van der Waals surface area (Å²) in [4.78, 5) is 12.8. The first-order valence-electron chi connectivity index (χ1n) is 9.15. The number of methoxy groups -OCH3 is 2. The number of ether oxygens (including phenoxy) is 2. The summed E-state index contributed by atoms with van der Waals surface area (Å²) in [7, 11) is 2.11. The number of hydrogen-bond acceptors (Lipinski definition) is 5. The molecule has 0 radical (unpaired) electrons. The van der Waals surface area contributed by atoms with Crippen LogP contribution in [0.25, 0.3) is 12.2 Å². The molecule has 0 atom stereocenters. The van der Waals surface area contributed by atoms with Crippen molar-refractivity contribution in [2.75, 3.05) is 14.2 Å². The van der Waals surface area contributed by atoms with Gasteiger partial charge in [0, 0.05) is 22.3 Å². The summed E-state index contributed by atoms with van der Waals surface area (Å²) in [6.07, 6.45) is 3.20. The Morgan fingerprint density at radius 2 is 1.19 bits per heavy atom. The van der Waals surface area contributed by atoms with Gasteiger partial charge in [-0.25, -0.2) is 17.6 Å². The molecular weight excluding hydrogens is 420 g/mol. The van der Waals surface area contributed by atoms with Crippen molar-refractivity contribution in [2.24, 2.45) is 0 Å². The molecular formula is C22H18F4O5. The van der Waals surface area contributed by atoms with Crippen LogP contribution in [0.1, 0.15) is 30.4 Å². The predicted octanol–water partition coefficient (Wildman–Crippen LogP) is 4.89. The van der Waals surface area contributed by atoms with Gasteiger partial charge in [-0.15, -0.1) is 0 Å². The second-order valence-corrected chi connectivity index (χ2v) is 6.81. The Hall–Kier alpha value is -3.49. The molecule has 0 unspecified atom stereocenters. The van der Waals surface area contributed by atoms with Crippen LogP contribution in [0.5, 0.6) is 23.0 Å². The van der Waals surface area contributed by atoms with Crippen LogP contribution in [0.4, 0.5) is 17.6 Å². The van der Waals surface area contributed by atoms with Gasteiger partial charge in [0.15, 0.2) is 52.1 Å². The zero-order chi connectivity index (χ0) is 22.9. The number of phenols is 2. The van der Waals surface area contributed by atoms with Crippen LogP contribution in [-0.2, 0) is 4.79 Å². The number of halogens is 4. The number of rotatable bonds is 4. The SMILES string of the molecule is COc1c(O)c(F)cc(/C=C2\CCC/C(=C\c3cc(F)c(O)c(OC)c3F)C2=O)c1F. The Morgan fingerprint density at radius 1 is 0.806 bits per heavy atom. The van der Waals surface area contributed by atoms with Crippen molar-refractivity contribution in [1.29, 1.82) is 0 Å². The van der Waals surface area contributed by atoms with Crippen molar-refractivity contribution >= 4 is 17.9 Å². The highest BCUT2D eigenvalue weighted by molar-refractivity contribution is 6.14. The second-order valence-electron chi connectivity index (χ2n) is 6.81. The van der Waals surface area contributed by atoms with Crippen LogP contribution >= 0.6 is 0 Å². The third-order valence-corrected chi connectivity index (χ3v) is 4.90. The van der Waals surface area contributed by atoms with E-state index in [1.165, 1.54) is 0 Å². The first-order valence-corrected chi connectivity index (χ1v) is 9.15. The number of phenolic OH excluding ortho intramolecular Hbond substituents is 2. The smallest absolute Gasteiger partial charge is 0.200 e. The zero-order valence-corrected chi connectivity index (χ0v) is 16.6. The number of benzene rings is 2. The van der Waals surface area contributed by atoms with Gasteiger partial charge < -0.3 is 19.7 Å². The van der Waals surface area contributed by atoms with E-state index >= 15 is 0 Å². The molecule has 0 aromatic heterocycles. The van der Waals surface area contributed by atoms with Crippen molar-refractivity contribution in [3.05, 3.63) is 57.7 Å². The quantitative estimate of drug-likeness (QED) is 0.525. The average molecular weight is 438 g/mol. The van der Waals surface area contributed by atoms with E-state index in [0.717, 1.165) is 38.5 Å². The molecule has 1 saturated carbocycles. The van der Waals surface area contributed by atoms with E-state index in [0.29, 0.717) is 6.42 Å². The zero-order valence-electron chi connectivity index (χ0n) is 16.6. The number of hydrogen-bond donors (Lipinski definition) is 2. The molecule has 164 valence electrons. The van der Waals surface area contributed by atoms with E-state index in [4.69, 9.17) is 0 Å². The van der Waals surface area contributed by atoms with Gasteiger partial charge in [-0.3, -0.25) is 4.79 Å². The molecule has 0 spiro atoms.